The van der Waals surface area contributed by atoms with Crippen LogP contribution in [0.2, 0.25) is 0 Å². The van der Waals surface area contributed by atoms with Crippen LogP contribution in [0.1, 0.15) is 24.8 Å². The van der Waals surface area contributed by atoms with E-state index in [1.54, 1.807) is 0 Å². The lowest BCUT2D eigenvalue weighted by molar-refractivity contribution is -0.143. The Balaban J connectivity index is 2.69. The average Bonchev–Trinajstić information content (AvgIpc) is 3.04. The Morgan fingerprint density at radius 2 is 1.10 bits per heavy atom. The van der Waals surface area contributed by atoms with E-state index in [4.69, 9.17) is 15.9 Å². The summed E-state index contributed by atoms with van der Waals surface area (Å²) in [5.74, 6) is -8.37. The van der Waals surface area contributed by atoms with Crippen LogP contribution >= 0.6 is 0 Å². The molecular weight excluding hydrogens is 694 g/mol. The van der Waals surface area contributed by atoms with Gasteiger partial charge in [-0.3, -0.25) is 48.3 Å². The number of carboxylic acid groups (broad SMARTS) is 5. The Labute approximate surface area is 298 Å². The van der Waals surface area contributed by atoms with Gasteiger partial charge in [-0.2, -0.15) is 0 Å². The lowest BCUT2D eigenvalue weighted by Crippen LogP contribution is -2.53. The van der Waals surface area contributed by atoms with Crippen LogP contribution in [-0.4, -0.2) is 177 Å². The quantitative estimate of drug-likeness (QED) is 0.0372. The van der Waals surface area contributed by atoms with Crippen molar-refractivity contribution in [1.82, 2.24) is 30.7 Å². The maximum absolute atomic E-state index is 13.0. The van der Waals surface area contributed by atoms with Crippen LogP contribution < -0.4 is 21.7 Å². The third-order valence-electron chi connectivity index (χ3n) is 7.34. The molecule has 21 nitrogen and oxygen atoms in total. The number of rotatable bonds is 28. The second-order valence-corrected chi connectivity index (χ2v) is 11.7. The van der Waals surface area contributed by atoms with Gasteiger partial charge < -0.3 is 52.3 Å². The second-order valence-electron chi connectivity index (χ2n) is 11.7. The number of carboxylic acids is 5. The molecule has 0 spiro atoms. The van der Waals surface area contributed by atoms with Crippen LogP contribution in [0.25, 0.3) is 0 Å². The molecule has 52 heavy (non-hydrogen) atoms. The van der Waals surface area contributed by atoms with Crippen LogP contribution in [0.3, 0.4) is 0 Å². The number of hydrogen-bond donors (Lipinski definition) is 10. The number of aliphatic carboxylic acids is 5. The van der Waals surface area contributed by atoms with Gasteiger partial charge in [0.1, 0.15) is 17.8 Å². The van der Waals surface area contributed by atoms with Gasteiger partial charge in [-0.25, -0.2) is 4.79 Å². The fourth-order valence-corrected chi connectivity index (χ4v) is 4.85. The standard InChI is InChI=1S/C31H47N7O14/c32-14-24(40)34-23(13-20-4-6-21(39)7-5-20)30(50)35-22(31(51)52)3-1-2-8-33-25(41)15-37(17-27(44)45)11-9-36(16-26(42)43)10-12-38(18-28(46)47)19-29(48)49/h4-7,22-23,39H,1-3,8-19,32H2,(H,33,41)(H,34,40)(H,35,50)(H,42,43)(H,44,45)(H,46,47)(H,48,49)(H,51,52)/t22-,23-/m0/s1. The third-order valence-corrected chi connectivity index (χ3v) is 7.34. The van der Waals surface area contributed by atoms with Gasteiger partial charge in [0, 0.05) is 39.1 Å². The van der Waals surface area contributed by atoms with Crippen LogP contribution in [0.5, 0.6) is 5.75 Å². The third kappa shape index (κ3) is 20.3. The highest BCUT2D eigenvalue weighted by Crippen LogP contribution is 2.12. The van der Waals surface area contributed by atoms with Gasteiger partial charge in [0.25, 0.3) is 0 Å². The Kier molecular flexibility index (Phi) is 20.5. The zero-order valence-corrected chi connectivity index (χ0v) is 28.4. The molecule has 0 unspecified atom stereocenters. The summed E-state index contributed by atoms with van der Waals surface area (Å²) in [5.41, 5.74) is 5.93. The number of nitrogens with one attached hydrogen (secondary N) is 3. The molecule has 0 aliphatic rings. The first kappa shape index (κ1) is 44.6. The molecular formula is C31H47N7O14. The highest BCUT2D eigenvalue weighted by Gasteiger charge is 2.27. The lowest BCUT2D eigenvalue weighted by Gasteiger charge is -2.27. The van der Waals surface area contributed by atoms with Crippen molar-refractivity contribution in [3.63, 3.8) is 0 Å². The van der Waals surface area contributed by atoms with Crippen LogP contribution in [-0.2, 0) is 44.8 Å². The number of nitrogens with zero attached hydrogens (tertiary/aromatic N) is 3. The van der Waals surface area contributed by atoms with Crippen LogP contribution in [0.4, 0.5) is 0 Å². The normalized spacial score (nSPS) is 12.2. The largest absolute Gasteiger partial charge is 0.508 e. The molecule has 0 radical (unpaired) electrons. The highest BCUT2D eigenvalue weighted by atomic mass is 16.4. The molecule has 0 aliphatic carbocycles. The van der Waals surface area contributed by atoms with E-state index in [1.165, 1.54) is 34.1 Å². The number of nitrogens with two attached hydrogens (primary N) is 1. The van der Waals surface area contributed by atoms with Crippen molar-refractivity contribution in [1.29, 1.82) is 0 Å². The molecule has 1 aromatic carbocycles. The molecule has 0 fully saturated rings. The predicted octanol–water partition coefficient (Wildman–Crippen LogP) is -3.52. The fourth-order valence-electron chi connectivity index (χ4n) is 4.85. The summed E-state index contributed by atoms with van der Waals surface area (Å²) in [6, 6.07) is 3.37. The van der Waals surface area contributed by atoms with Gasteiger partial charge in [-0.05, 0) is 37.0 Å². The number of unbranched alkanes of at least 4 members (excludes halogenated alkanes) is 1. The first-order chi connectivity index (χ1) is 24.5. The van der Waals surface area contributed by atoms with Crippen molar-refractivity contribution in [2.24, 2.45) is 5.73 Å². The van der Waals surface area contributed by atoms with E-state index < -0.39 is 92.4 Å². The molecule has 1 rings (SSSR count). The molecule has 0 saturated carbocycles. The fraction of sp³-hybridized carbons (Fsp3) is 0.548. The number of hydrogen-bond acceptors (Lipinski definition) is 13. The zero-order valence-electron chi connectivity index (χ0n) is 28.4. The number of phenols is 1. The summed E-state index contributed by atoms with van der Waals surface area (Å²) < 4.78 is 0. The zero-order chi connectivity index (χ0) is 39.2. The molecule has 0 aliphatic heterocycles. The van der Waals surface area contributed by atoms with Gasteiger partial charge >= 0.3 is 29.8 Å². The second kappa shape index (κ2) is 23.9. The van der Waals surface area contributed by atoms with Crippen LogP contribution in [0, 0.1) is 0 Å². The van der Waals surface area contributed by atoms with E-state index in [-0.39, 0.29) is 70.7 Å². The van der Waals surface area contributed by atoms with Crippen molar-refractivity contribution in [3.05, 3.63) is 29.8 Å². The Morgan fingerprint density at radius 1 is 0.615 bits per heavy atom. The number of aromatic hydroxyl groups is 1. The number of carbonyl (C=O) groups is 8. The average molecular weight is 742 g/mol. The van der Waals surface area contributed by atoms with E-state index in [1.807, 2.05) is 0 Å². The molecule has 0 heterocycles. The molecule has 0 bridgehead atoms. The SMILES string of the molecule is NCC(=O)N[C@@H](Cc1ccc(O)cc1)C(=O)N[C@@H](CCCCNC(=O)CN(CCN(CCN(CC(=O)O)CC(=O)O)CC(=O)O)CC(=O)O)C(=O)O. The molecule has 3 amide bonds. The first-order valence-corrected chi connectivity index (χ1v) is 16.1. The van der Waals surface area contributed by atoms with E-state index >= 15 is 0 Å². The molecule has 290 valence electrons. The van der Waals surface area contributed by atoms with Gasteiger partial charge in [0.05, 0.1) is 39.3 Å². The smallest absolute Gasteiger partial charge is 0.326 e. The Morgan fingerprint density at radius 3 is 1.58 bits per heavy atom. The van der Waals surface area contributed by atoms with Crippen molar-refractivity contribution >= 4 is 47.6 Å². The molecule has 2 atom stereocenters. The summed E-state index contributed by atoms with van der Waals surface area (Å²) >= 11 is 0. The maximum atomic E-state index is 13.0. The minimum Gasteiger partial charge on any atom is -0.508 e. The Bertz CT molecular complexity index is 1360. The van der Waals surface area contributed by atoms with E-state index in [0.29, 0.717) is 5.56 Å². The summed E-state index contributed by atoms with van der Waals surface area (Å²) in [7, 11) is 0. The molecule has 1 aromatic rings. The minimum atomic E-state index is -1.33. The summed E-state index contributed by atoms with van der Waals surface area (Å²) in [6.45, 7) is -3.29. The van der Waals surface area contributed by atoms with Crippen molar-refractivity contribution in [2.75, 3.05) is 72.0 Å². The van der Waals surface area contributed by atoms with E-state index in [0.717, 1.165) is 4.90 Å². The van der Waals surface area contributed by atoms with Gasteiger partial charge in [0.2, 0.25) is 17.7 Å². The van der Waals surface area contributed by atoms with Crippen LogP contribution in [0.15, 0.2) is 24.3 Å². The van der Waals surface area contributed by atoms with Gasteiger partial charge in [-0.1, -0.05) is 12.1 Å². The lowest BCUT2D eigenvalue weighted by atomic mass is 10.0. The molecule has 0 aromatic heterocycles. The number of carbonyl (C=O) groups excluding carboxylic acids is 3. The number of phenolic OH excluding ortho intramolecular Hbond substituents is 1. The maximum Gasteiger partial charge on any atom is 0.326 e. The minimum absolute atomic E-state index is 0.00747. The Hall–Kier alpha value is -5.38. The van der Waals surface area contributed by atoms with E-state index in [2.05, 4.69) is 16.0 Å². The van der Waals surface area contributed by atoms with Crippen molar-refractivity contribution < 1.29 is 69.0 Å². The topological polar surface area (TPSA) is 330 Å². The van der Waals surface area contributed by atoms with Gasteiger partial charge in [-0.15, -0.1) is 0 Å². The van der Waals surface area contributed by atoms with Crippen molar-refractivity contribution in [2.45, 2.75) is 37.8 Å². The molecule has 21 heteroatoms. The molecule has 0 saturated heterocycles. The number of amides is 3. The number of benzene rings is 1. The molecule has 11 N–H and O–H groups in total. The summed E-state index contributed by atoms with van der Waals surface area (Å²) in [6.07, 6.45) is 0.472. The monoisotopic (exact) mass is 741 g/mol. The van der Waals surface area contributed by atoms with E-state index in [9.17, 15) is 58.8 Å². The summed E-state index contributed by atoms with van der Waals surface area (Å²) in [5, 5.41) is 63.2. The highest BCUT2D eigenvalue weighted by molar-refractivity contribution is 5.91. The summed E-state index contributed by atoms with van der Waals surface area (Å²) in [4.78, 5) is 98.0. The first-order valence-electron chi connectivity index (χ1n) is 16.1. The predicted molar refractivity (Wildman–Crippen MR) is 179 cm³/mol. The van der Waals surface area contributed by atoms with Crippen molar-refractivity contribution in [3.8, 4) is 5.75 Å². The van der Waals surface area contributed by atoms with Gasteiger partial charge in [0.15, 0.2) is 0 Å².